The Balaban J connectivity index is 1.55. The van der Waals surface area contributed by atoms with E-state index < -0.39 is 22.0 Å². The number of rotatable bonds is 7. The SMILES string of the molecule is C[C@@H]1CCCN(CCCNS(=O)(=O)c2ccc(-c3cc(C(F)(F)F)on3)s2)C1. The summed E-state index contributed by atoms with van der Waals surface area (Å²) >= 11 is 0.853. The number of halogens is 3. The van der Waals surface area contributed by atoms with E-state index >= 15 is 0 Å². The summed E-state index contributed by atoms with van der Waals surface area (Å²) in [4.78, 5) is 2.64. The summed E-state index contributed by atoms with van der Waals surface area (Å²) in [6, 6.07) is 3.54. The third-order valence-corrected chi connectivity index (χ3v) is 7.63. The lowest BCUT2D eigenvalue weighted by Gasteiger charge is -2.30. The van der Waals surface area contributed by atoms with E-state index in [1.165, 1.54) is 25.0 Å². The van der Waals surface area contributed by atoms with Crippen molar-refractivity contribution in [3.8, 4) is 10.6 Å². The molecule has 1 atom stereocenters. The van der Waals surface area contributed by atoms with E-state index in [1.807, 2.05) is 0 Å². The van der Waals surface area contributed by atoms with Gasteiger partial charge in [-0.3, -0.25) is 0 Å². The summed E-state index contributed by atoms with van der Waals surface area (Å²) in [5.74, 6) is -0.546. The van der Waals surface area contributed by atoms with Gasteiger partial charge in [0.25, 0.3) is 0 Å². The Kier molecular flexibility index (Phi) is 6.47. The summed E-state index contributed by atoms with van der Waals surface area (Å²) in [5.41, 5.74) is -0.0435. The van der Waals surface area contributed by atoms with Gasteiger partial charge < -0.3 is 9.42 Å². The monoisotopic (exact) mass is 437 g/mol. The smallest absolute Gasteiger partial charge is 0.351 e. The Labute approximate surface area is 165 Å². The van der Waals surface area contributed by atoms with Gasteiger partial charge in [0.15, 0.2) is 0 Å². The molecule has 0 saturated carbocycles. The van der Waals surface area contributed by atoms with Crippen LogP contribution in [0.15, 0.2) is 26.9 Å². The van der Waals surface area contributed by atoms with Gasteiger partial charge in [-0.05, 0) is 50.4 Å². The molecule has 0 aliphatic carbocycles. The van der Waals surface area contributed by atoms with Crippen molar-refractivity contribution < 1.29 is 26.1 Å². The van der Waals surface area contributed by atoms with E-state index in [0.717, 1.165) is 37.0 Å². The Hall–Kier alpha value is -1.43. The molecule has 28 heavy (non-hydrogen) atoms. The molecule has 1 aliphatic heterocycles. The highest BCUT2D eigenvalue weighted by atomic mass is 32.2. The fourth-order valence-corrected chi connectivity index (χ4v) is 5.57. The van der Waals surface area contributed by atoms with Gasteiger partial charge in [0.2, 0.25) is 15.8 Å². The van der Waals surface area contributed by atoms with Crippen molar-refractivity contribution in [2.75, 3.05) is 26.2 Å². The predicted molar refractivity (Wildman–Crippen MR) is 99.5 cm³/mol. The first-order chi connectivity index (χ1) is 13.1. The second-order valence-corrected chi connectivity index (χ2v) is 10.1. The maximum absolute atomic E-state index is 12.6. The number of thiophene rings is 1. The number of piperidine rings is 1. The molecule has 0 bridgehead atoms. The molecule has 1 N–H and O–H groups in total. The van der Waals surface area contributed by atoms with Crippen LogP contribution < -0.4 is 4.72 Å². The number of nitrogens with one attached hydrogen (secondary N) is 1. The van der Waals surface area contributed by atoms with Crippen LogP contribution >= 0.6 is 11.3 Å². The predicted octanol–water partition coefficient (Wildman–Crippen LogP) is 3.82. The lowest BCUT2D eigenvalue weighted by molar-refractivity contribution is -0.155. The first-order valence-corrected chi connectivity index (χ1v) is 11.3. The van der Waals surface area contributed by atoms with Gasteiger partial charge in [-0.15, -0.1) is 11.3 Å². The zero-order valence-corrected chi connectivity index (χ0v) is 17.0. The number of aromatic nitrogens is 1. The van der Waals surface area contributed by atoms with Crippen molar-refractivity contribution >= 4 is 21.4 Å². The van der Waals surface area contributed by atoms with Crippen LogP contribution in [0.5, 0.6) is 0 Å². The topological polar surface area (TPSA) is 75.4 Å². The molecule has 0 amide bonds. The molecule has 1 fully saturated rings. The summed E-state index contributed by atoms with van der Waals surface area (Å²) in [7, 11) is -3.71. The zero-order chi connectivity index (χ0) is 20.4. The van der Waals surface area contributed by atoms with Crippen molar-refractivity contribution in [1.29, 1.82) is 0 Å². The third-order valence-electron chi connectivity index (χ3n) is 4.57. The highest BCUT2D eigenvalue weighted by molar-refractivity contribution is 7.91. The van der Waals surface area contributed by atoms with Crippen molar-refractivity contribution in [3.63, 3.8) is 0 Å². The number of likely N-dealkylation sites (tertiary alicyclic amines) is 1. The lowest BCUT2D eigenvalue weighted by atomic mass is 10.0. The molecule has 0 spiro atoms. The average molecular weight is 438 g/mol. The minimum Gasteiger partial charge on any atom is -0.351 e. The van der Waals surface area contributed by atoms with Crippen LogP contribution in [0.25, 0.3) is 10.6 Å². The minimum atomic E-state index is -4.63. The van der Waals surface area contributed by atoms with E-state index in [4.69, 9.17) is 0 Å². The van der Waals surface area contributed by atoms with Gasteiger partial charge in [0, 0.05) is 19.2 Å². The summed E-state index contributed by atoms with van der Waals surface area (Å²) in [6.45, 7) is 5.45. The Morgan fingerprint density at radius 3 is 2.86 bits per heavy atom. The van der Waals surface area contributed by atoms with Crippen LogP contribution in [0, 0.1) is 5.92 Å². The summed E-state index contributed by atoms with van der Waals surface area (Å²) in [5, 5.41) is 3.38. The average Bonchev–Trinajstić information content (AvgIpc) is 3.27. The van der Waals surface area contributed by atoms with E-state index in [2.05, 4.69) is 26.2 Å². The number of hydrogen-bond acceptors (Lipinski definition) is 6. The van der Waals surface area contributed by atoms with Crippen molar-refractivity contribution in [3.05, 3.63) is 24.0 Å². The zero-order valence-electron chi connectivity index (χ0n) is 15.3. The quantitative estimate of drug-likeness (QED) is 0.667. The minimum absolute atomic E-state index is 0.0330. The third kappa shape index (κ3) is 5.34. The Bertz CT molecular complexity index is 893. The molecule has 6 nitrogen and oxygen atoms in total. The highest BCUT2D eigenvalue weighted by Gasteiger charge is 2.36. The molecule has 0 radical (unpaired) electrons. The molecular weight excluding hydrogens is 415 g/mol. The molecule has 3 rings (SSSR count). The van der Waals surface area contributed by atoms with Crippen LogP contribution in [-0.2, 0) is 16.2 Å². The Morgan fingerprint density at radius 1 is 1.39 bits per heavy atom. The standard InChI is InChI=1S/C17H22F3N3O3S2/c1-12-4-2-8-23(11-12)9-3-7-21-28(24,25)16-6-5-14(27-16)13-10-15(26-22-13)17(18,19)20/h5-6,10,12,21H,2-4,7-9,11H2,1H3/t12-/m1/s1. The maximum Gasteiger partial charge on any atom is 0.452 e. The van der Waals surface area contributed by atoms with Crippen LogP contribution in [0.2, 0.25) is 0 Å². The summed E-state index contributed by atoms with van der Waals surface area (Å²) < 4.78 is 69.5. The van der Waals surface area contributed by atoms with Crippen molar-refractivity contribution in [2.24, 2.45) is 5.92 Å². The van der Waals surface area contributed by atoms with Gasteiger partial charge >= 0.3 is 6.18 Å². The molecule has 2 aromatic heterocycles. The van der Waals surface area contributed by atoms with Gasteiger partial charge in [-0.1, -0.05) is 12.1 Å². The fraction of sp³-hybridized carbons (Fsp3) is 0.588. The molecular formula is C17H22F3N3O3S2. The van der Waals surface area contributed by atoms with Crippen molar-refractivity contribution in [1.82, 2.24) is 14.8 Å². The van der Waals surface area contributed by atoms with Gasteiger partial charge in [-0.2, -0.15) is 13.2 Å². The number of sulfonamides is 1. The van der Waals surface area contributed by atoms with E-state index in [0.29, 0.717) is 23.8 Å². The molecule has 0 aromatic carbocycles. The molecule has 1 aliphatic rings. The maximum atomic E-state index is 12.6. The van der Waals surface area contributed by atoms with Crippen LogP contribution in [-0.4, -0.2) is 44.7 Å². The molecule has 2 aromatic rings. The van der Waals surface area contributed by atoms with Gasteiger partial charge in [0.1, 0.15) is 9.90 Å². The molecule has 11 heteroatoms. The Morgan fingerprint density at radius 2 is 2.18 bits per heavy atom. The molecule has 156 valence electrons. The van der Waals surface area contributed by atoms with Gasteiger partial charge in [0.05, 0.1) is 4.88 Å². The van der Waals surface area contributed by atoms with E-state index in [-0.39, 0.29) is 9.90 Å². The number of hydrogen-bond donors (Lipinski definition) is 1. The fourth-order valence-electron chi connectivity index (χ4n) is 3.20. The number of nitrogens with zero attached hydrogens (tertiary/aromatic N) is 2. The van der Waals surface area contributed by atoms with Crippen LogP contribution in [0.4, 0.5) is 13.2 Å². The highest BCUT2D eigenvalue weighted by Crippen LogP contribution is 2.35. The molecule has 0 unspecified atom stereocenters. The lowest BCUT2D eigenvalue weighted by Crippen LogP contribution is -2.36. The number of alkyl halides is 3. The molecule has 3 heterocycles. The van der Waals surface area contributed by atoms with E-state index in [9.17, 15) is 21.6 Å². The largest absolute Gasteiger partial charge is 0.452 e. The second-order valence-electron chi connectivity index (χ2n) is 6.99. The van der Waals surface area contributed by atoms with Crippen LogP contribution in [0.1, 0.15) is 31.9 Å². The second kappa shape index (κ2) is 8.52. The first-order valence-electron chi connectivity index (χ1n) is 9.01. The van der Waals surface area contributed by atoms with Crippen molar-refractivity contribution in [2.45, 2.75) is 36.6 Å². The van der Waals surface area contributed by atoms with Crippen LogP contribution in [0.3, 0.4) is 0 Å². The summed E-state index contributed by atoms with van der Waals surface area (Å²) in [6.07, 6.45) is -1.53. The molecule has 1 saturated heterocycles. The van der Waals surface area contributed by atoms with Gasteiger partial charge in [-0.25, -0.2) is 13.1 Å². The van der Waals surface area contributed by atoms with E-state index in [1.54, 1.807) is 0 Å². The first kappa shape index (κ1) is 21.3. The normalized spacial score (nSPS) is 19.2.